The van der Waals surface area contributed by atoms with Crippen LogP contribution >= 0.6 is 0 Å². The molecule has 0 radical (unpaired) electrons. The quantitative estimate of drug-likeness (QED) is 0.622. The molecule has 0 bridgehead atoms. The van der Waals surface area contributed by atoms with Gasteiger partial charge in [0.25, 0.3) is 0 Å². The molecule has 0 heterocycles. The van der Waals surface area contributed by atoms with Gasteiger partial charge in [-0.15, -0.1) is 12.8 Å². The highest BCUT2D eigenvalue weighted by Crippen LogP contribution is 2.25. The topological polar surface area (TPSA) is 0 Å². The second-order valence-corrected chi connectivity index (χ2v) is 3.38. The van der Waals surface area contributed by atoms with E-state index in [9.17, 15) is 0 Å². The average Bonchev–Trinajstić information content (AvgIpc) is 2.38. The van der Waals surface area contributed by atoms with Crippen LogP contribution in [0.5, 0.6) is 0 Å². The Hall–Kier alpha value is -2.44. The van der Waals surface area contributed by atoms with Gasteiger partial charge >= 0.3 is 0 Å². The molecule has 0 aliphatic carbocycles. The minimum absolute atomic E-state index is 0.767. The Morgan fingerprint density at radius 3 is 2.12 bits per heavy atom. The maximum atomic E-state index is 5.52. The molecule has 0 fully saturated rings. The molecule has 0 atom stereocenters. The van der Waals surface area contributed by atoms with Crippen molar-refractivity contribution in [2.75, 3.05) is 0 Å². The van der Waals surface area contributed by atoms with Crippen LogP contribution in [0.15, 0.2) is 48.5 Å². The molecule has 2 rings (SSSR count). The summed E-state index contributed by atoms with van der Waals surface area (Å²) in [5.41, 5.74) is 3.66. The summed E-state index contributed by atoms with van der Waals surface area (Å²) in [6.45, 7) is 0. The van der Waals surface area contributed by atoms with Crippen LogP contribution in [0.2, 0.25) is 0 Å². The maximum absolute atomic E-state index is 5.52. The second-order valence-electron chi connectivity index (χ2n) is 3.38. The molecule has 0 unspecified atom stereocenters. The second kappa shape index (κ2) is 4.39. The van der Waals surface area contributed by atoms with Crippen LogP contribution < -0.4 is 0 Å². The molecule has 0 amide bonds. The van der Waals surface area contributed by atoms with Gasteiger partial charge in [-0.25, -0.2) is 0 Å². The lowest BCUT2D eigenvalue weighted by atomic mass is 9.96. The van der Waals surface area contributed by atoms with Crippen LogP contribution in [0.25, 0.3) is 11.1 Å². The Bertz CT molecular complexity index is 578. The van der Waals surface area contributed by atoms with E-state index in [0.29, 0.717) is 0 Å². The summed E-state index contributed by atoms with van der Waals surface area (Å²) in [5.74, 6) is 5.29. The summed E-state index contributed by atoms with van der Waals surface area (Å²) in [7, 11) is 0. The number of hydrogen-bond acceptors (Lipinski definition) is 0. The number of benzene rings is 2. The maximum Gasteiger partial charge on any atom is 0.0477 e. The molecule has 2 aromatic carbocycles. The van der Waals surface area contributed by atoms with E-state index < -0.39 is 0 Å². The molecule has 0 nitrogen and oxygen atoms in total. The van der Waals surface area contributed by atoms with Gasteiger partial charge in [-0.2, -0.15) is 0 Å². The SMILES string of the molecule is C#Cc1cccc(-c2ccccc2)c1C#C. The third kappa shape index (κ3) is 1.70. The molecular formula is C16H10. The van der Waals surface area contributed by atoms with Crippen molar-refractivity contribution in [1.29, 1.82) is 0 Å². The summed E-state index contributed by atoms with van der Waals surface area (Å²) in [6, 6.07) is 15.8. The summed E-state index contributed by atoms with van der Waals surface area (Å²) in [5, 5.41) is 0. The molecule has 0 aliphatic rings. The lowest BCUT2D eigenvalue weighted by Crippen LogP contribution is -1.88. The summed E-state index contributed by atoms with van der Waals surface area (Å²) in [4.78, 5) is 0. The predicted molar refractivity (Wildman–Crippen MR) is 67.7 cm³/mol. The van der Waals surface area contributed by atoms with Crippen molar-refractivity contribution in [2.45, 2.75) is 0 Å². The number of hydrogen-bond donors (Lipinski definition) is 0. The Labute approximate surface area is 95.9 Å². The number of terminal acetylenes is 2. The van der Waals surface area contributed by atoms with Crippen LogP contribution in [0, 0.1) is 24.7 Å². The molecule has 16 heavy (non-hydrogen) atoms. The van der Waals surface area contributed by atoms with Crippen molar-refractivity contribution in [3.8, 4) is 35.8 Å². The van der Waals surface area contributed by atoms with Gasteiger partial charge in [-0.05, 0) is 17.2 Å². The van der Waals surface area contributed by atoms with Gasteiger partial charge in [0.15, 0.2) is 0 Å². The third-order valence-corrected chi connectivity index (χ3v) is 2.45. The van der Waals surface area contributed by atoms with E-state index in [1.54, 1.807) is 0 Å². The zero-order valence-electron chi connectivity index (χ0n) is 8.77. The van der Waals surface area contributed by atoms with Crippen molar-refractivity contribution in [3.63, 3.8) is 0 Å². The fourth-order valence-electron chi connectivity index (χ4n) is 1.69. The van der Waals surface area contributed by atoms with Crippen LogP contribution in [-0.4, -0.2) is 0 Å². The largest absolute Gasteiger partial charge is 0.115 e. The standard InChI is InChI=1S/C16H10/c1-3-13-11-8-12-16(15(13)4-2)14-9-6-5-7-10-14/h1-2,5-12H. The van der Waals surface area contributed by atoms with Crippen molar-refractivity contribution < 1.29 is 0 Å². The summed E-state index contributed by atoms with van der Waals surface area (Å²) >= 11 is 0. The molecule has 74 valence electrons. The van der Waals surface area contributed by atoms with Gasteiger partial charge in [0.2, 0.25) is 0 Å². The van der Waals surface area contributed by atoms with E-state index >= 15 is 0 Å². The van der Waals surface area contributed by atoms with Gasteiger partial charge in [0.05, 0.1) is 0 Å². The highest BCUT2D eigenvalue weighted by atomic mass is 14.1. The van der Waals surface area contributed by atoms with E-state index in [-0.39, 0.29) is 0 Å². The Morgan fingerprint density at radius 1 is 0.750 bits per heavy atom. The van der Waals surface area contributed by atoms with Crippen molar-refractivity contribution in [3.05, 3.63) is 59.7 Å². The molecule has 0 N–H and O–H groups in total. The average molecular weight is 202 g/mol. The zero-order valence-corrected chi connectivity index (χ0v) is 8.77. The Balaban J connectivity index is 2.69. The fraction of sp³-hybridized carbons (Fsp3) is 0. The molecule has 2 aromatic rings. The zero-order chi connectivity index (χ0) is 11.4. The van der Waals surface area contributed by atoms with Gasteiger partial charge in [0, 0.05) is 11.1 Å². The van der Waals surface area contributed by atoms with Crippen molar-refractivity contribution >= 4 is 0 Å². The van der Waals surface area contributed by atoms with Crippen LogP contribution in [0.4, 0.5) is 0 Å². The first-order valence-corrected chi connectivity index (χ1v) is 4.98. The lowest BCUT2D eigenvalue weighted by Gasteiger charge is -2.06. The van der Waals surface area contributed by atoms with Gasteiger partial charge < -0.3 is 0 Å². The first-order chi connectivity index (χ1) is 7.86. The Kier molecular flexibility index (Phi) is 2.77. The fourth-order valence-corrected chi connectivity index (χ4v) is 1.69. The Morgan fingerprint density at radius 2 is 1.50 bits per heavy atom. The first kappa shape index (κ1) is 10.1. The molecule has 0 saturated heterocycles. The van der Waals surface area contributed by atoms with Crippen molar-refractivity contribution in [2.24, 2.45) is 0 Å². The van der Waals surface area contributed by atoms with E-state index in [0.717, 1.165) is 22.3 Å². The van der Waals surface area contributed by atoms with Crippen molar-refractivity contribution in [1.82, 2.24) is 0 Å². The molecule has 0 spiro atoms. The lowest BCUT2D eigenvalue weighted by molar-refractivity contribution is 1.55. The van der Waals surface area contributed by atoms with E-state index in [2.05, 4.69) is 11.8 Å². The van der Waals surface area contributed by atoms with E-state index in [1.165, 1.54) is 0 Å². The van der Waals surface area contributed by atoms with Crippen LogP contribution in [0.3, 0.4) is 0 Å². The normalized spacial score (nSPS) is 9.12. The minimum Gasteiger partial charge on any atom is -0.115 e. The summed E-state index contributed by atoms with van der Waals surface area (Å²) in [6.07, 6.45) is 10.9. The molecule has 0 saturated carbocycles. The summed E-state index contributed by atoms with van der Waals surface area (Å²) < 4.78 is 0. The monoisotopic (exact) mass is 202 g/mol. The highest BCUT2D eigenvalue weighted by Gasteiger charge is 2.05. The van der Waals surface area contributed by atoms with Gasteiger partial charge in [-0.1, -0.05) is 54.3 Å². The molecule has 0 aliphatic heterocycles. The first-order valence-electron chi connectivity index (χ1n) is 4.98. The molecular weight excluding hydrogens is 192 g/mol. The smallest absolute Gasteiger partial charge is 0.0477 e. The third-order valence-electron chi connectivity index (χ3n) is 2.45. The molecule has 0 aromatic heterocycles. The van der Waals surface area contributed by atoms with E-state index in [1.807, 2.05) is 48.5 Å². The predicted octanol–water partition coefficient (Wildman–Crippen LogP) is 3.32. The van der Waals surface area contributed by atoms with Crippen LogP contribution in [-0.2, 0) is 0 Å². The van der Waals surface area contributed by atoms with Gasteiger partial charge in [0.1, 0.15) is 0 Å². The van der Waals surface area contributed by atoms with E-state index in [4.69, 9.17) is 12.8 Å². The molecule has 0 heteroatoms. The van der Waals surface area contributed by atoms with Gasteiger partial charge in [-0.3, -0.25) is 0 Å². The highest BCUT2D eigenvalue weighted by molar-refractivity contribution is 5.74. The van der Waals surface area contributed by atoms with Crippen LogP contribution in [0.1, 0.15) is 11.1 Å². The minimum atomic E-state index is 0.767. The number of rotatable bonds is 1.